The van der Waals surface area contributed by atoms with Gasteiger partial charge in [0, 0.05) is 12.1 Å². The van der Waals surface area contributed by atoms with Crippen LogP contribution in [0.25, 0.3) is 11.1 Å². The van der Waals surface area contributed by atoms with Gasteiger partial charge in [-0.25, -0.2) is 8.78 Å². The third kappa shape index (κ3) is 3.39. The standard InChI is InChI=1S/C15H12F5N/c1-21-8-9-2-5-13(16)11(6-9)10-3-4-12(14(17)7-10)15(18,19)20/h2-7,21H,8H2,1H3. The lowest BCUT2D eigenvalue weighted by molar-refractivity contribution is -0.139. The minimum atomic E-state index is -4.77. The van der Waals surface area contributed by atoms with Crippen molar-refractivity contribution in [3.8, 4) is 11.1 Å². The molecule has 0 radical (unpaired) electrons. The summed E-state index contributed by atoms with van der Waals surface area (Å²) in [5, 5.41) is 2.88. The lowest BCUT2D eigenvalue weighted by atomic mass is 10.0. The van der Waals surface area contributed by atoms with Crippen LogP contribution in [-0.2, 0) is 12.7 Å². The molecule has 21 heavy (non-hydrogen) atoms. The van der Waals surface area contributed by atoms with Crippen LogP contribution in [0.3, 0.4) is 0 Å². The Bertz CT molecular complexity index is 649. The van der Waals surface area contributed by atoms with E-state index in [9.17, 15) is 22.0 Å². The summed E-state index contributed by atoms with van der Waals surface area (Å²) in [4.78, 5) is 0. The first kappa shape index (κ1) is 15.4. The highest BCUT2D eigenvalue weighted by Crippen LogP contribution is 2.34. The fourth-order valence-corrected chi connectivity index (χ4v) is 2.02. The van der Waals surface area contributed by atoms with Crippen LogP contribution >= 0.6 is 0 Å². The zero-order chi connectivity index (χ0) is 15.6. The molecule has 0 aliphatic carbocycles. The summed E-state index contributed by atoms with van der Waals surface area (Å²) in [7, 11) is 1.71. The molecular formula is C15H12F5N. The molecule has 2 rings (SSSR count). The SMILES string of the molecule is CNCc1ccc(F)c(-c2ccc(C(F)(F)F)c(F)c2)c1. The van der Waals surface area contributed by atoms with E-state index in [2.05, 4.69) is 5.32 Å². The number of rotatable bonds is 3. The van der Waals surface area contributed by atoms with E-state index >= 15 is 0 Å². The molecule has 0 aliphatic rings. The van der Waals surface area contributed by atoms with Crippen molar-refractivity contribution in [1.82, 2.24) is 5.32 Å². The molecule has 0 saturated heterocycles. The third-order valence-corrected chi connectivity index (χ3v) is 3.00. The average molecular weight is 301 g/mol. The Labute approximate surface area is 118 Å². The maximum atomic E-state index is 13.8. The van der Waals surface area contributed by atoms with Crippen molar-refractivity contribution in [2.24, 2.45) is 0 Å². The van der Waals surface area contributed by atoms with Gasteiger partial charge in [0.05, 0.1) is 5.56 Å². The van der Waals surface area contributed by atoms with Crippen LogP contribution in [0.15, 0.2) is 36.4 Å². The molecule has 1 N–H and O–H groups in total. The quantitative estimate of drug-likeness (QED) is 0.830. The lowest BCUT2D eigenvalue weighted by Crippen LogP contribution is -2.08. The van der Waals surface area contributed by atoms with Gasteiger partial charge in [0.15, 0.2) is 0 Å². The Morgan fingerprint density at radius 1 is 0.952 bits per heavy atom. The Morgan fingerprint density at radius 2 is 1.67 bits per heavy atom. The summed E-state index contributed by atoms with van der Waals surface area (Å²) in [5.74, 6) is -2.03. The highest BCUT2D eigenvalue weighted by molar-refractivity contribution is 5.65. The van der Waals surface area contributed by atoms with Crippen LogP contribution in [0.2, 0.25) is 0 Å². The first-order chi connectivity index (χ1) is 9.82. The molecule has 0 saturated carbocycles. The molecule has 0 fully saturated rings. The fraction of sp³-hybridized carbons (Fsp3) is 0.200. The number of benzene rings is 2. The van der Waals surface area contributed by atoms with Gasteiger partial charge in [-0.05, 0) is 42.4 Å². The van der Waals surface area contributed by atoms with Gasteiger partial charge in [0.1, 0.15) is 11.6 Å². The number of hydrogen-bond acceptors (Lipinski definition) is 1. The van der Waals surface area contributed by atoms with Crippen molar-refractivity contribution in [3.05, 3.63) is 59.2 Å². The van der Waals surface area contributed by atoms with E-state index in [0.29, 0.717) is 18.7 Å². The van der Waals surface area contributed by atoms with Gasteiger partial charge in [-0.3, -0.25) is 0 Å². The van der Waals surface area contributed by atoms with Crippen LogP contribution < -0.4 is 5.32 Å². The molecule has 2 aromatic rings. The Kier molecular flexibility index (Phi) is 4.27. The maximum Gasteiger partial charge on any atom is 0.419 e. The van der Waals surface area contributed by atoms with Crippen LogP contribution in [0.1, 0.15) is 11.1 Å². The number of nitrogens with one attached hydrogen (secondary N) is 1. The maximum absolute atomic E-state index is 13.8. The highest BCUT2D eigenvalue weighted by atomic mass is 19.4. The van der Waals surface area contributed by atoms with E-state index < -0.39 is 23.4 Å². The molecular weight excluding hydrogens is 289 g/mol. The molecule has 0 atom stereocenters. The second-order valence-corrected chi connectivity index (χ2v) is 4.54. The molecule has 0 bridgehead atoms. The van der Waals surface area contributed by atoms with Crippen molar-refractivity contribution in [1.29, 1.82) is 0 Å². The van der Waals surface area contributed by atoms with E-state index in [-0.39, 0.29) is 11.1 Å². The second kappa shape index (κ2) is 5.81. The van der Waals surface area contributed by atoms with Gasteiger partial charge < -0.3 is 5.32 Å². The van der Waals surface area contributed by atoms with Gasteiger partial charge in [0.2, 0.25) is 0 Å². The van der Waals surface area contributed by atoms with Crippen molar-refractivity contribution in [3.63, 3.8) is 0 Å². The van der Waals surface area contributed by atoms with Gasteiger partial charge in [-0.2, -0.15) is 13.2 Å². The van der Waals surface area contributed by atoms with Crippen LogP contribution in [0, 0.1) is 11.6 Å². The largest absolute Gasteiger partial charge is 0.419 e. The summed E-state index contributed by atoms with van der Waals surface area (Å²) in [6, 6.07) is 6.62. The van der Waals surface area contributed by atoms with Crippen molar-refractivity contribution in [2.45, 2.75) is 12.7 Å². The predicted octanol–water partition coefficient (Wildman–Crippen LogP) is 4.37. The summed E-state index contributed by atoms with van der Waals surface area (Å²) in [6.07, 6.45) is -4.77. The smallest absolute Gasteiger partial charge is 0.316 e. The van der Waals surface area contributed by atoms with E-state index in [1.54, 1.807) is 13.1 Å². The van der Waals surface area contributed by atoms with E-state index in [4.69, 9.17) is 0 Å². The Balaban J connectivity index is 2.48. The van der Waals surface area contributed by atoms with Gasteiger partial charge >= 0.3 is 6.18 Å². The molecule has 0 aromatic heterocycles. The average Bonchev–Trinajstić information content (AvgIpc) is 2.39. The molecule has 0 heterocycles. The first-order valence-corrected chi connectivity index (χ1v) is 6.13. The van der Waals surface area contributed by atoms with Crippen molar-refractivity contribution in [2.75, 3.05) is 7.05 Å². The molecule has 0 unspecified atom stereocenters. The molecule has 2 aromatic carbocycles. The molecule has 6 heteroatoms. The molecule has 1 nitrogen and oxygen atoms in total. The number of hydrogen-bond donors (Lipinski definition) is 1. The molecule has 0 spiro atoms. The van der Waals surface area contributed by atoms with Crippen molar-refractivity contribution >= 4 is 0 Å². The third-order valence-electron chi connectivity index (χ3n) is 3.00. The van der Waals surface area contributed by atoms with E-state index in [1.807, 2.05) is 0 Å². The van der Waals surface area contributed by atoms with E-state index in [0.717, 1.165) is 11.6 Å². The minimum Gasteiger partial charge on any atom is -0.316 e. The zero-order valence-electron chi connectivity index (χ0n) is 11.1. The Hall–Kier alpha value is -1.95. The normalized spacial score (nSPS) is 11.7. The summed E-state index contributed by atoms with van der Waals surface area (Å²) in [5.41, 5.74) is -0.487. The number of alkyl halides is 3. The summed E-state index contributed by atoms with van der Waals surface area (Å²) >= 11 is 0. The van der Waals surface area contributed by atoms with Gasteiger partial charge in [-0.15, -0.1) is 0 Å². The fourth-order valence-electron chi connectivity index (χ4n) is 2.02. The second-order valence-electron chi connectivity index (χ2n) is 4.54. The van der Waals surface area contributed by atoms with E-state index in [1.165, 1.54) is 12.1 Å². The lowest BCUT2D eigenvalue weighted by Gasteiger charge is -2.11. The van der Waals surface area contributed by atoms with Crippen LogP contribution in [0.5, 0.6) is 0 Å². The minimum absolute atomic E-state index is 0.0652. The van der Waals surface area contributed by atoms with Crippen molar-refractivity contribution < 1.29 is 22.0 Å². The van der Waals surface area contributed by atoms with Crippen LogP contribution in [-0.4, -0.2) is 7.05 Å². The Morgan fingerprint density at radius 3 is 2.24 bits per heavy atom. The molecule has 0 amide bonds. The molecule has 112 valence electrons. The molecule has 0 aliphatic heterocycles. The zero-order valence-corrected chi connectivity index (χ0v) is 11.1. The highest BCUT2D eigenvalue weighted by Gasteiger charge is 2.34. The number of halogens is 5. The predicted molar refractivity (Wildman–Crippen MR) is 69.6 cm³/mol. The monoisotopic (exact) mass is 301 g/mol. The summed E-state index contributed by atoms with van der Waals surface area (Å²) < 4.78 is 64.9. The summed E-state index contributed by atoms with van der Waals surface area (Å²) in [6.45, 7) is 0.469. The van der Waals surface area contributed by atoms with Gasteiger partial charge in [-0.1, -0.05) is 12.1 Å². The van der Waals surface area contributed by atoms with Crippen LogP contribution in [0.4, 0.5) is 22.0 Å². The van der Waals surface area contributed by atoms with Gasteiger partial charge in [0.25, 0.3) is 0 Å². The first-order valence-electron chi connectivity index (χ1n) is 6.13. The topological polar surface area (TPSA) is 12.0 Å².